The Morgan fingerprint density at radius 2 is 2.12 bits per heavy atom. The average Bonchev–Trinajstić information content (AvgIpc) is 2.40. The Balaban J connectivity index is 1.92. The highest BCUT2D eigenvalue weighted by Crippen LogP contribution is 2.11. The van der Waals surface area contributed by atoms with Crippen LogP contribution in [0.1, 0.15) is 23.2 Å². The van der Waals surface area contributed by atoms with Crippen molar-refractivity contribution in [2.24, 2.45) is 5.92 Å². The number of pyridine rings is 1. The van der Waals surface area contributed by atoms with Crippen molar-refractivity contribution in [1.29, 1.82) is 0 Å². The molecule has 1 aliphatic rings. The third-order valence-corrected chi connectivity index (χ3v) is 2.87. The zero-order valence-electron chi connectivity index (χ0n) is 9.48. The molecule has 0 saturated carbocycles. The number of hydrogen-bond acceptors (Lipinski definition) is 4. The molecule has 1 aliphatic heterocycles. The van der Waals surface area contributed by atoms with E-state index in [9.17, 15) is 9.59 Å². The smallest absolute Gasteiger partial charge is 0.259 e. The summed E-state index contributed by atoms with van der Waals surface area (Å²) in [6, 6.07) is 3.31. The molecule has 1 aromatic rings. The van der Waals surface area contributed by atoms with Crippen LogP contribution < -0.4 is 10.6 Å². The third kappa shape index (κ3) is 3.10. The van der Waals surface area contributed by atoms with E-state index in [1.807, 2.05) is 0 Å². The van der Waals surface area contributed by atoms with E-state index in [4.69, 9.17) is 0 Å². The van der Waals surface area contributed by atoms with Gasteiger partial charge in [0.2, 0.25) is 5.91 Å². The molecule has 2 amide bonds. The van der Waals surface area contributed by atoms with Gasteiger partial charge < -0.3 is 5.32 Å². The molecule has 5 heteroatoms. The van der Waals surface area contributed by atoms with Crippen LogP contribution in [0.2, 0.25) is 0 Å². The van der Waals surface area contributed by atoms with Gasteiger partial charge in [-0.05, 0) is 38.1 Å². The van der Waals surface area contributed by atoms with Crippen LogP contribution in [-0.2, 0) is 4.79 Å². The van der Waals surface area contributed by atoms with Crippen molar-refractivity contribution >= 4 is 11.8 Å². The highest BCUT2D eigenvalue weighted by atomic mass is 16.2. The molecule has 1 saturated heterocycles. The van der Waals surface area contributed by atoms with Gasteiger partial charge >= 0.3 is 0 Å². The number of carbonyl (C=O) groups is 2. The van der Waals surface area contributed by atoms with Crippen molar-refractivity contribution in [3.63, 3.8) is 0 Å². The molecule has 0 unspecified atom stereocenters. The minimum absolute atomic E-state index is 0.0585. The molecule has 2 rings (SSSR count). The van der Waals surface area contributed by atoms with E-state index in [0.29, 0.717) is 5.56 Å². The lowest BCUT2D eigenvalue weighted by molar-refractivity contribution is -0.124. The summed E-state index contributed by atoms with van der Waals surface area (Å²) in [4.78, 5) is 27.4. The summed E-state index contributed by atoms with van der Waals surface area (Å²) in [5.41, 5.74) is 0.412. The molecule has 0 aromatic carbocycles. The molecule has 1 aromatic heterocycles. The molecule has 17 heavy (non-hydrogen) atoms. The Morgan fingerprint density at radius 3 is 2.76 bits per heavy atom. The van der Waals surface area contributed by atoms with Crippen LogP contribution in [0.25, 0.3) is 0 Å². The Hall–Kier alpha value is -1.75. The number of piperidine rings is 1. The van der Waals surface area contributed by atoms with Gasteiger partial charge in [-0.25, -0.2) is 0 Å². The number of hydrogen-bond donors (Lipinski definition) is 2. The maximum Gasteiger partial charge on any atom is 0.259 e. The number of nitrogens with one attached hydrogen (secondary N) is 2. The van der Waals surface area contributed by atoms with Crippen molar-refractivity contribution in [2.45, 2.75) is 12.8 Å². The summed E-state index contributed by atoms with van der Waals surface area (Å²) in [7, 11) is 0. The quantitative estimate of drug-likeness (QED) is 0.722. The van der Waals surface area contributed by atoms with Crippen molar-refractivity contribution < 1.29 is 9.59 Å². The molecule has 2 N–H and O–H groups in total. The maximum atomic E-state index is 11.8. The summed E-state index contributed by atoms with van der Waals surface area (Å²) < 4.78 is 0. The predicted molar refractivity (Wildman–Crippen MR) is 62.3 cm³/mol. The highest BCUT2D eigenvalue weighted by Gasteiger charge is 2.22. The fraction of sp³-hybridized carbons (Fsp3) is 0.417. The molecular weight excluding hydrogens is 218 g/mol. The van der Waals surface area contributed by atoms with Gasteiger partial charge in [0.25, 0.3) is 5.91 Å². The summed E-state index contributed by atoms with van der Waals surface area (Å²) in [5, 5.41) is 5.60. The standard InChI is InChI=1S/C12H15N3O2/c16-11(9-3-6-13-7-4-9)15-12(17)10-2-1-5-14-8-10/h1-2,5,8-9,13H,3-4,6-7H2,(H,15,16,17). The molecule has 5 nitrogen and oxygen atoms in total. The first-order valence-corrected chi connectivity index (χ1v) is 5.73. The maximum absolute atomic E-state index is 11.8. The summed E-state index contributed by atoms with van der Waals surface area (Å²) >= 11 is 0. The lowest BCUT2D eigenvalue weighted by Gasteiger charge is -2.21. The van der Waals surface area contributed by atoms with Gasteiger partial charge in [0.1, 0.15) is 0 Å². The lowest BCUT2D eigenvalue weighted by Crippen LogP contribution is -2.40. The second kappa shape index (κ2) is 5.54. The number of rotatable bonds is 2. The van der Waals surface area contributed by atoms with E-state index in [1.54, 1.807) is 18.3 Å². The van der Waals surface area contributed by atoms with Gasteiger partial charge in [-0.15, -0.1) is 0 Å². The lowest BCUT2D eigenvalue weighted by atomic mass is 9.97. The SMILES string of the molecule is O=C(NC(=O)C1CCNCC1)c1cccnc1. The summed E-state index contributed by atoms with van der Waals surface area (Å²) in [6.07, 6.45) is 4.61. The molecule has 2 heterocycles. The minimum atomic E-state index is -0.373. The molecule has 0 bridgehead atoms. The van der Waals surface area contributed by atoms with E-state index < -0.39 is 0 Å². The number of amides is 2. The van der Waals surface area contributed by atoms with E-state index in [1.165, 1.54) is 6.20 Å². The van der Waals surface area contributed by atoms with E-state index >= 15 is 0 Å². The molecule has 0 radical (unpaired) electrons. The second-order valence-corrected chi connectivity index (χ2v) is 4.08. The Labute approximate surface area is 99.6 Å². The Morgan fingerprint density at radius 1 is 1.35 bits per heavy atom. The van der Waals surface area contributed by atoms with Crippen LogP contribution in [0, 0.1) is 5.92 Å². The van der Waals surface area contributed by atoms with Crippen molar-refractivity contribution in [2.75, 3.05) is 13.1 Å². The number of carbonyl (C=O) groups excluding carboxylic acids is 2. The molecular formula is C12H15N3O2. The van der Waals surface area contributed by atoms with Crippen molar-refractivity contribution in [3.05, 3.63) is 30.1 Å². The highest BCUT2D eigenvalue weighted by molar-refractivity contribution is 6.05. The summed E-state index contributed by atoms with van der Waals surface area (Å²) in [5.74, 6) is -0.612. The number of aromatic nitrogens is 1. The molecule has 0 aliphatic carbocycles. The molecule has 1 fully saturated rings. The van der Waals surface area contributed by atoms with Gasteiger partial charge in [-0.1, -0.05) is 0 Å². The molecule has 0 atom stereocenters. The first-order valence-electron chi connectivity index (χ1n) is 5.73. The van der Waals surface area contributed by atoms with E-state index in [2.05, 4.69) is 15.6 Å². The second-order valence-electron chi connectivity index (χ2n) is 4.08. The van der Waals surface area contributed by atoms with Gasteiger partial charge in [0, 0.05) is 18.3 Å². The van der Waals surface area contributed by atoms with Crippen LogP contribution in [0.3, 0.4) is 0 Å². The topological polar surface area (TPSA) is 71.1 Å². The van der Waals surface area contributed by atoms with Gasteiger partial charge in [0.05, 0.1) is 5.56 Å². The van der Waals surface area contributed by atoms with Crippen LogP contribution in [0.4, 0.5) is 0 Å². The van der Waals surface area contributed by atoms with Crippen molar-refractivity contribution in [3.8, 4) is 0 Å². The molecule has 0 spiro atoms. The first kappa shape index (κ1) is 11.7. The normalized spacial score (nSPS) is 16.5. The zero-order valence-corrected chi connectivity index (χ0v) is 9.48. The largest absolute Gasteiger partial charge is 0.317 e. The van der Waals surface area contributed by atoms with Crippen LogP contribution in [-0.4, -0.2) is 29.9 Å². The number of nitrogens with zero attached hydrogens (tertiary/aromatic N) is 1. The average molecular weight is 233 g/mol. The first-order chi connectivity index (χ1) is 8.27. The van der Waals surface area contributed by atoms with Gasteiger partial charge in [-0.2, -0.15) is 0 Å². The fourth-order valence-electron chi connectivity index (χ4n) is 1.87. The van der Waals surface area contributed by atoms with Crippen LogP contribution in [0.5, 0.6) is 0 Å². The number of imide groups is 1. The third-order valence-electron chi connectivity index (χ3n) is 2.87. The Kier molecular flexibility index (Phi) is 3.82. The van der Waals surface area contributed by atoms with E-state index in [-0.39, 0.29) is 17.7 Å². The Bertz CT molecular complexity index is 399. The summed E-state index contributed by atoms with van der Waals surface area (Å²) in [6.45, 7) is 1.67. The van der Waals surface area contributed by atoms with Crippen molar-refractivity contribution in [1.82, 2.24) is 15.6 Å². The van der Waals surface area contributed by atoms with Crippen LogP contribution >= 0.6 is 0 Å². The zero-order chi connectivity index (χ0) is 12.1. The minimum Gasteiger partial charge on any atom is -0.317 e. The van der Waals surface area contributed by atoms with E-state index in [0.717, 1.165) is 25.9 Å². The van der Waals surface area contributed by atoms with Gasteiger partial charge in [-0.3, -0.25) is 19.9 Å². The molecule has 90 valence electrons. The van der Waals surface area contributed by atoms with Gasteiger partial charge in [0.15, 0.2) is 0 Å². The van der Waals surface area contributed by atoms with Crippen LogP contribution in [0.15, 0.2) is 24.5 Å². The predicted octanol–water partition coefficient (Wildman–Crippen LogP) is 0.338. The monoisotopic (exact) mass is 233 g/mol. The fourth-order valence-corrected chi connectivity index (χ4v) is 1.87.